The van der Waals surface area contributed by atoms with E-state index in [1.54, 1.807) is 13.8 Å². The summed E-state index contributed by atoms with van der Waals surface area (Å²) in [6.07, 6.45) is -1.21. The van der Waals surface area contributed by atoms with Gasteiger partial charge in [0, 0.05) is 18.0 Å². The summed E-state index contributed by atoms with van der Waals surface area (Å²) in [6.45, 7) is 5.22. The molecule has 0 aromatic heterocycles. The van der Waals surface area contributed by atoms with Crippen molar-refractivity contribution < 1.29 is 15.0 Å². The predicted octanol–water partition coefficient (Wildman–Crippen LogP) is -0.695. The lowest BCUT2D eigenvalue weighted by Gasteiger charge is -2.27. The maximum atomic E-state index is 11.4. The van der Waals surface area contributed by atoms with Gasteiger partial charge in [0.1, 0.15) is 6.10 Å². The quantitative estimate of drug-likeness (QED) is 0.395. The van der Waals surface area contributed by atoms with Crippen molar-refractivity contribution in [3.8, 4) is 0 Å². The number of hydrogen-bond acceptors (Lipinski definition) is 5. The first-order valence-corrected chi connectivity index (χ1v) is 5.26. The van der Waals surface area contributed by atoms with Crippen LogP contribution in [-0.4, -0.2) is 41.4 Å². The van der Waals surface area contributed by atoms with Gasteiger partial charge in [-0.05, 0) is 6.92 Å². The summed E-state index contributed by atoms with van der Waals surface area (Å²) in [5.74, 6) is -0.482. The average Bonchev–Trinajstić information content (AvgIpc) is 2.23. The van der Waals surface area contributed by atoms with Crippen LogP contribution in [0.3, 0.4) is 0 Å². The van der Waals surface area contributed by atoms with Crippen LogP contribution in [0.2, 0.25) is 0 Å². The maximum absolute atomic E-state index is 11.4. The maximum Gasteiger partial charge on any atom is 0.249 e. The third kappa shape index (κ3) is 4.83. The van der Waals surface area contributed by atoms with E-state index < -0.39 is 17.4 Å². The van der Waals surface area contributed by atoms with Gasteiger partial charge in [0.05, 0.1) is 6.61 Å². The summed E-state index contributed by atoms with van der Waals surface area (Å²) >= 11 is 3.84. The van der Waals surface area contributed by atoms with Gasteiger partial charge in [0.15, 0.2) is 0 Å². The number of amides is 1. The highest BCUT2D eigenvalue weighted by Gasteiger charge is 2.32. The van der Waals surface area contributed by atoms with Crippen molar-refractivity contribution >= 4 is 18.7 Å². The van der Waals surface area contributed by atoms with Crippen LogP contribution in [0.1, 0.15) is 20.8 Å². The number of carbonyl (C=O) groups is 1. The molecule has 0 aliphatic heterocycles. The summed E-state index contributed by atoms with van der Waals surface area (Å²) in [7, 11) is 0. The van der Waals surface area contributed by atoms with Crippen molar-refractivity contribution in [3.63, 3.8) is 0 Å². The molecular formula is C9H20N2O3S. The van der Waals surface area contributed by atoms with E-state index in [1.165, 1.54) is 0 Å². The number of hydrogen-bond donors (Lipinski definition) is 5. The second-order valence-corrected chi connectivity index (χ2v) is 4.58. The minimum atomic E-state index is -1.21. The Morgan fingerprint density at radius 2 is 2.07 bits per heavy atom. The Kier molecular flexibility index (Phi) is 6.19. The highest BCUT2D eigenvalue weighted by atomic mass is 32.1. The van der Waals surface area contributed by atoms with Crippen LogP contribution >= 0.6 is 12.8 Å². The average molecular weight is 236 g/mol. The van der Waals surface area contributed by atoms with Crippen LogP contribution in [0.25, 0.3) is 0 Å². The first-order chi connectivity index (χ1) is 6.85. The predicted molar refractivity (Wildman–Crippen MR) is 61.5 cm³/mol. The lowest BCUT2D eigenvalue weighted by atomic mass is 9.87. The van der Waals surface area contributed by atoms with E-state index in [0.29, 0.717) is 6.54 Å². The Morgan fingerprint density at radius 1 is 1.53 bits per heavy atom. The van der Waals surface area contributed by atoms with Crippen molar-refractivity contribution in [1.29, 1.82) is 0 Å². The van der Waals surface area contributed by atoms with Crippen molar-refractivity contribution in [1.82, 2.24) is 10.0 Å². The zero-order chi connectivity index (χ0) is 12.1. The number of aliphatic hydroxyl groups excluding tert-OH is 2. The third-order valence-corrected chi connectivity index (χ3v) is 2.64. The van der Waals surface area contributed by atoms with E-state index in [9.17, 15) is 9.90 Å². The van der Waals surface area contributed by atoms with E-state index in [0.717, 1.165) is 0 Å². The summed E-state index contributed by atoms with van der Waals surface area (Å²) < 4.78 is 2.66. The number of rotatable bonds is 6. The molecule has 6 heteroatoms. The summed E-state index contributed by atoms with van der Waals surface area (Å²) in [5.41, 5.74) is -0.832. The van der Waals surface area contributed by atoms with Crippen molar-refractivity contribution in [3.05, 3.63) is 0 Å². The summed E-state index contributed by atoms with van der Waals surface area (Å²) in [5, 5.41) is 21.2. The molecule has 0 fully saturated rings. The zero-order valence-electron chi connectivity index (χ0n) is 9.32. The number of aliphatic hydroxyl groups is 2. The molecular weight excluding hydrogens is 216 g/mol. The topological polar surface area (TPSA) is 81.6 Å². The first-order valence-electron chi connectivity index (χ1n) is 4.81. The van der Waals surface area contributed by atoms with Gasteiger partial charge < -0.3 is 15.5 Å². The first kappa shape index (κ1) is 14.7. The second-order valence-electron chi connectivity index (χ2n) is 4.32. The van der Waals surface area contributed by atoms with Gasteiger partial charge in [-0.2, -0.15) is 0 Å². The van der Waals surface area contributed by atoms with E-state index in [2.05, 4.69) is 22.9 Å². The Morgan fingerprint density at radius 3 is 2.47 bits per heavy atom. The normalized spacial score (nSPS) is 15.9. The smallest absolute Gasteiger partial charge is 0.249 e. The number of nitrogens with one attached hydrogen (secondary N) is 2. The molecule has 0 bridgehead atoms. The fourth-order valence-corrected chi connectivity index (χ4v) is 0.929. The molecule has 0 radical (unpaired) electrons. The van der Waals surface area contributed by atoms with E-state index in [1.807, 2.05) is 6.92 Å². The van der Waals surface area contributed by atoms with Gasteiger partial charge in [-0.3, -0.25) is 9.52 Å². The fraction of sp³-hybridized carbons (Fsp3) is 0.889. The molecule has 0 aromatic carbocycles. The molecule has 0 saturated heterocycles. The molecule has 1 amide bonds. The molecule has 0 aromatic rings. The van der Waals surface area contributed by atoms with Gasteiger partial charge in [-0.1, -0.05) is 26.7 Å². The number of carbonyl (C=O) groups excluding carboxylic acids is 1. The molecule has 0 heterocycles. The molecule has 0 aliphatic carbocycles. The molecule has 0 rings (SSSR count). The monoisotopic (exact) mass is 236 g/mol. The second kappa shape index (κ2) is 6.32. The Labute approximate surface area is 95.8 Å². The van der Waals surface area contributed by atoms with Gasteiger partial charge >= 0.3 is 0 Å². The zero-order valence-corrected chi connectivity index (χ0v) is 10.2. The van der Waals surface area contributed by atoms with Crippen LogP contribution in [0.4, 0.5) is 0 Å². The van der Waals surface area contributed by atoms with Crippen LogP contribution in [0.5, 0.6) is 0 Å². The van der Waals surface area contributed by atoms with Gasteiger partial charge in [-0.15, -0.1) is 0 Å². The van der Waals surface area contributed by atoms with Crippen LogP contribution in [-0.2, 0) is 4.79 Å². The highest BCUT2D eigenvalue weighted by molar-refractivity contribution is 7.78. The summed E-state index contributed by atoms with van der Waals surface area (Å²) in [6, 6.07) is 0.0155. The molecule has 0 saturated carbocycles. The molecule has 0 aliphatic rings. The van der Waals surface area contributed by atoms with Crippen molar-refractivity contribution in [2.75, 3.05) is 13.2 Å². The molecule has 15 heavy (non-hydrogen) atoms. The standard InChI is InChI=1S/C9H20N2O3S/c1-6(11-15)4-10-8(14)7(13)9(2,3)5-12/h6-7,11-13,15H,4-5H2,1-3H3,(H,10,14). The lowest BCUT2D eigenvalue weighted by Crippen LogP contribution is -2.47. The molecule has 2 unspecified atom stereocenters. The van der Waals surface area contributed by atoms with Gasteiger partial charge in [0.2, 0.25) is 5.91 Å². The van der Waals surface area contributed by atoms with E-state index in [-0.39, 0.29) is 12.6 Å². The Bertz CT molecular complexity index is 212. The molecule has 4 N–H and O–H groups in total. The molecule has 90 valence electrons. The largest absolute Gasteiger partial charge is 0.396 e. The number of thiol groups is 1. The van der Waals surface area contributed by atoms with Crippen molar-refractivity contribution in [2.24, 2.45) is 5.41 Å². The van der Waals surface area contributed by atoms with E-state index >= 15 is 0 Å². The molecule has 5 nitrogen and oxygen atoms in total. The SMILES string of the molecule is CC(CNC(=O)C(O)C(C)(C)CO)NS. The molecule has 2 atom stereocenters. The van der Waals surface area contributed by atoms with E-state index in [4.69, 9.17) is 5.11 Å². The fourth-order valence-electron chi connectivity index (χ4n) is 0.837. The Hall–Kier alpha value is -0.300. The summed E-state index contributed by atoms with van der Waals surface area (Å²) in [4.78, 5) is 11.4. The molecule has 0 spiro atoms. The van der Waals surface area contributed by atoms with Crippen LogP contribution in [0.15, 0.2) is 0 Å². The van der Waals surface area contributed by atoms with Gasteiger partial charge in [0.25, 0.3) is 0 Å². The third-order valence-electron chi connectivity index (χ3n) is 2.20. The lowest BCUT2D eigenvalue weighted by molar-refractivity contribution is -0.137. The Balaban J connectivity index is 4.11. The van der Waals surface area contributed by atoms with Crippen molar-refractivity contribution in [2.45, 2.75) is 32.9 Å². The van der Waals surface area contributed by atoms with Crippen LogP contribution < -0.4 is 10.0 Å². The minimum absolute atomic E-state index is 0.0155. The minimum Gasteiger partial charge on any atom is -0.396 e. The van der Waals surface area contributed by atoms with Crippen LogP contribution in [0, 0.1) is 5.41 Å². The van der Waals surface area contributed by atoms with Gasteiger partial charge in [-0.25, -0.2) is 0 Å². The highest BCUT2D eigenvalue weighted by Crippen LogP contribution is 2.19.